The second kappa shape index (κ2) is 6.83. The summed E-state index contributed by atoms with van der Waals surface area (Å²) in [4.78, 5) is 23.3. The highest BCUT2D eigenvalue weighted by Gasteiger charge is 2.37. The summed E-state index contributed by atoms with van der Waals surface area (Å²) in [6.07, 6.45) is 0.592. The van der Waals surface area contributed by atoms with Crippen molar-refractivity contribution in [1.29, 1.82) is 0 Å². The molecular weight excluding hydrogens is 329 g/mol. The van der Waals surface area contributed by atoms with Crippen LogP contribution < -0.4 is 5.32 Å². The molecule has 4 nitrogen and oxygen atoms in total. The van der Waals surface area contributed by atoms with Crippen LogP contribution in [0.4, 0.5) is 10.1 Å². The molecule has 2 N–H and O–H groups in total. The van der Waals surface area contributed by atoms with E-state index in [1.807, 2.05) is 0 Å². The summed E-state index contributed by atoms with van der Waals surface area (Å²) in [7, 11) is 0. The van der Waals surface area contributed by atoms with Crippen LogP contribution in [0.25, 0.3) is 0 Å². The van der Waals surface area contributed by atoms with Crippen molar-refractivity contribution in [3.05, 3.63) is 28.5 Å². The van der Waals surface area contributed by atoms with E-state index in [2.05, 4.69) is 21.2 Å². The Bertz CT molecular complexity index is 515. The molecule has 0 aliphatic heterocycles. The Morgan fingerprint density at radius 3 is 2.40 bits per heavy atom. The van der Waals surface area contributed by atoms with Crippen molar-refractivity contribution in [2.45, 2.75) is 33.1 Å². The number of carboxylic acids is 1. The Kier molecular flexibility index (Phi) is 5.68. The number of halogens is 2. The first-order chi connectivity index (χ1) is 9.34. The maximum absolute atomic E-state index is 13.3. The fourth-order valence-corrected chi connectivity index (χ4v) is 2.21. The minimum atomic E-state index is -1.07. The van der Waals surface area contributed by atoms with E-state index in [-0.39, 0.29) is 6.42 Å². The van der Waals surface area contributed by atoms with E-state index in [9.17, 15) is 19.1 Å². The Morgan fingerprint density at radius 1 is 1.35 bits per heavy atom. The summed E-state index contributed by atoms with van der Waals surface area (Å²) in [6, 6.07) is 4.21. The van der Waals surface area contributed by atoms with Gasteiger partial charge in [0.05, 0.1) is 9.89 Å². The minimum absolute atomic E-state index is 0.132. The van der Waals surface area contributed by atoms with E-state index < -0.39 is 23.1 Å². The van der Waals surface area contributed by atoms with Gasteiger partial charge < -0.3 is 10.4 Å². The van der Waals surface area contributed by atoms with Crippen LogP contribution in [0.15, 0.2) is 22.7 Å². The molecule has 0 heterocycles. The Balaban J connectivity index is 2.80. The maximum Gasteiger partial charge on any atom is 0.310 e. The van der Waals surface area contributed by atoms with Crippen molar-refractivity contribution < 1.29 is 19.1 Å². The summed E-state index contributed by atoms with van der Waals surface area (Å²) < 4.78 is 13.6. The lowest BCUT2D eigenvalue weighted by atomic mass is 9.79. The molecule has 0 fully saturated rings. The molecule has 0 saturated carbocycles. The van der Waals surface area contributed by atoms with Crippen molar-refractivity contribution in [2.24, 2.45) is 5.41 Å². The minimum Gasteiger partial charge on any atom is -0.481 e. The van der Waals surface area contributed by atoms with Crippen molar-refractivity contribution in [3.63, 3.8) is 0 Å². The first-order valence-corrected chi connectivity index (χ1v) is 7.12. The zero-order valence-electron chi connectivity index (χ0n) is 11.4. The van der Waals surface area contributed by atoms with Crippen LogP contribution in [0.1, 0.15) is 33.1 Å². The third-order valence-corrected chi connectivity index (χ3v) is 4.15. The van der Waals surface area contributed by atoms with Crippen molar-refractivity contribution in [3.8, 4) is 0 Å². The smallest absolute Gasteiger partial charge is 0.310 e. The van der Waals surface area contributed by atoms with Crippen LogP contribution in [-0.2, 0) is 9.59 Å². The van der Waals surface area contributed by atoms with Gasteiger partial charge in [-0.25, -0.2) is 4.39 Å². The standard InChI is InChI=1S/C14H17BrFNO3/c1-3-14(4-2,13(19)20)8-12(18)17-9-5-6-10(15)11(16)7-9/h5-7H,3-4,8H2,1-2H3,(H,17,18)(H,19,20). The van der Waals surface area contributed by atoms with Crippen LogP contribution >= 0.6 is 15.9 Å². The summed E-state index contributed by atoms with van der Waals surface area (Å²) >= 11 is 3.02. The van der Waals surface area contributed by atoms with E-state index in [0.717, 1.165) is 0 Å². The number of carbonyl (C=O) groups excluding carboxylic acids is 1. The topological polar surface area (TPSA) is 66.4 Å². The average Bonchev–Trinajstić information content (AvgIpc) is 2.40. The van der Waals surface area contributed by atoms with Crippen LogP contribution in [0.3, 0.4) is 0 Å². The molecule has 0 aliphatic carbocycles. The molecule has 0 radical (unpaired) electrons. The van der Waals surface area contributed by atoms with Gasteiger partial charge in [0.1, 0.15) is 5.82 Å². The van der Waals surface area contributed by atoms with Gasteiger partial charge in [-0.05, 0) is 47.0 Å². The lowest BCUT2D eigenvalue weighted by molar-refractivity contribution is -0.151. The van der Waals surface area contributed by atoms with Gasteiger partial charge in [-0.1, -0.05) is 13.8 Å². The highest BCUT2D eigenvalue weighted by atomic mass is 79.9. The predicted molar refractivity (Wildman–Crippen MR) is 78.0 cm³/mol. The van der Waals surface area contributed by atoms with Crippen molar-refractivity contribution >= 4 is 33.5 Å². The second-order valence-electron chi connectivity index (χ2n) is 4.65. The van der Waals surface area contributed by atoms with E-state index >= 15 is 0 Å². The number of hydrogen-bond acceptors (Lipinski definition) is 2. The summed E-state index contributed by atoms with van der Waals surface area (Å²) in [5, 5.41) is 11.8. The monoisotopic (exact) mass is 345 g/mol. The molecule has 0 aliphatic rings. The van der Waals surface area contributed by atoms with E-state index in [1.165, 1.54) is 12.1 Å². The third kappa shape index (κ3) is 3.79. The molecule has 0 spiro atoms. The second-order valence-corrected chi connectivity index (χ2v) is 5.50. The summed E-state index contributed by atoms with van der Waals surface area (Å²) in [5.74, 6) is -1.91. The van der Waals surface area contributed by atoms with Crippen LogP contribution in [0.2, 0.25) is 0 Å². The number of hydrogen-bond donors (Lipinski definition) is 2. The number of aliphatic carboxylic acids is 1. The number of rotatable bonds is 6. The summed E-state index contributed by atoms with van der Waals surface area (Å²) in [6.45, 7) is 3.48. The van der Waals surface area contributed by atoms with Gasteiger partial charge in [-0.3, -0.25) is 9.59 Å². The highest BCUT2D eigenvalue weighted by molar-refractivity contribution is 9.10. The largest absolute Gasteiger partial charge is 0.481 e. The van der Waals surface area contributed by atoms with Crippen LogP contribution in [-0.4, -0.2) is 17.0 Å². The van der Waals surface area contributed by atoms with Gasteiger partial charge in [0.15, 0.2) is 0 Å². The first-order valence-electron chi connectivity index (χ1n) is 6.33. The predicted octanol–water partition coefficient (Wildman–Crippen LogP) is 3.81. The zero-order valence-corrected chi connectivity index (χ0v) is 13.0. The molecule has 0 saturated heterocycles. The molecule has 0 atom stereocenters. The number of nitrogens with one attached hydrogen (secondary N) is 1. The van der Waals surface area contributed by atoms with Gasteiger partial charge in [-0.2, -0.15) is 0 Å². The van der Waals surface area contributed by atoms with Crippen molar-refractivity contribution in [1.82, 2.24) is 0 Å². The van der Waals surface area contributed by atoms with Gasteiger partial charge >= 0.3 is 5.97 Å². The Hall–Kier alpha value is -1.43. The molecule has 1 amide bonds. The number of carboxylic acid groups (broad SMARTS) is 1. The van der Waals surface area contributed by atoms with E-state index in [0.29, 0.717) is 23.0 Å². The van der Waals surface area contributed by atoms with Crippen molar-refractivity contribution in [2.75, 3.05) is 5.32 Å². The SMILES string of the molecule is CCC(CC)(CC(=O)Nc1ccc(Br)c(F)c1)C(=O)O. The third-order valence-electron chi connectivity index (χ3n) is 3.51. The zero-order chi connectivity index (χ0) is 15.3. The van der Waals surface area contributed by atoms with Gasteiger partial charge in [0, 0.05) is 12.1 Å². The molecule has 1 aromatic rings. The molecule has 6 heteroatoms. The Labute approximate surface area is 125 Å². The fraction of sp³-hybridized carbons (Fsp3) is 0.429. The Morgan fingerprint density at radius 2 is 1.95 bits per heavy atom. The van der Waals surface area contributed by atoms with E-state index in [4.69, 9.17) is 0 Å². The maximum atomic E-state index is 13.3. The summed E-state index contributed by atoms with van der Waals surface area (Å²) in [5.41, 5.74) is -0.764. The average molecular weight is 346 g/mol. The number of amides is 1. The van der Waals surface area contributed by atoms with Crippen LogP contribution in [0.5, 0.6) is 0 Å². The molecule has 1 rings (SSSR count). The molecule has 1 aromatic carbocycles. The number of anilines is 1. The van der Waals surface area contributed by atoms with Gasteiger partial charge in [0.25, 0.3) is 0 Å². The highest BCUT2D eigenvalue weighted by Crippen LogP contribution is 2.31. The normalized spacial score (nSPS) is 11.2. The van der Waals surface area contributed by atoms with Crippen LogP contribution in [0, 0.1) is 11.2 Å². The number of carbonyl (C=O) groups is 2. The number of benzene rings is 1. The first kappa shape index (κ1) is 16.6. The molecule has 0 unspecified atom stereocenters. The molecular formula is C14H17BrFNO3. The molecule has 110 valence electrons. The lowest BCUT2D eigenvalue weighted by Crippen LogP contribution is -2.34. The fourth-order valence-electron chi connectivity index (χ4n) is 1.96. The van der Waals surface area contributed by atoms with E-state index in [1.54, 1.807) is 19.9 Å². The van der Waals surface area contributed by atoms with Gasteiger partial charge in [0.2, 0.25) is 5.91 Å². The molecule has 0 bridgehead atoms. The molecule has 20 heavy (non-hydrogen) atoms. The quantitative estimate of drug-likeness (QED) is 0.823. The lowest BCUT2D eigenvalue weighted by Gasteiger charge is -2.25. The van der Waals surface area contributed by atoms with Gasteiger partial charge in [-0.15, -0.1) is 0 Å². The molecule has 0 aromatic heterocycles.